The number of hydrogen-bond donors (Lipinski definition) is 0. The fourth-order valence-corrected chi connectivity index (χ4v) is 7.09. The molecule has 0 radical (unpaired) electrons. The number of hydrogen-bond acceptors (Lipinski definition) is 3. The Hall–Kier alpha value is -6.26. The third-order valence-electron chi connectivity index (χ3n) is 9.17. The highest BCUT2D eigenvalue weighted by Crippen LogP contribution is 2.49. The summed E-state index contributed by atoms with van der Waals surface area (Å²) in [7, 11) is 0. The van der Waals surface area contributed by atoms with Crippen LogP contribution in [0.15, 0.2) is 152 Å². The molecule has 0 amide bonds. The Morgan fingerprint density at radius 1 is 0.478 bits per heavy atom. The SMILES string of the molecule is c1ccc(-c2nc(-c3ccccc3)c3cc(-n4c5ccccc5c5cc6c(cc54)Oc4cccc5cccc-6c45)ccc3n2)cc1. The van der Waals surface area contributed by atoms with Gasteiger partial charge in [-0.15, -0.1) is 0 Å². The molecule has 9 aromatic rings. The zero-order valence-corrected chi connectivity index (χ0v) is 24.7. The van der Waals surface area contributed by atoms with Crippen molar-refractivity contribution in [2.75, 3.05) is 0 Å². The van der Waals surface area contributed by atoms with E-state index >= 15 is 0 Å². The van der Waals surface area contributed by atoms with Crippen molar-refractivity contribution in [3.63, 3.8) is 0 Å². The molecular formula is C42H25N3O. The van der Waals surface area contributed by atoms with Gasteiger partial charge in [-0.05, 0) is 47.3 Å². The van der Waals surface area contributed by atoms with Crippen LogP contribution in [-0.4, -0.2) is 14.5 Å². The molecule has 0 N–H and O–H groups in total. The fourth-order valence-electron chi connectivity index (χ4n) is 7.09. The van der Waals surface area contributed by atoms with Gasteiger partial charge in [0.15, 0.2) is 5.82 Å². The van der Waals surface area contributed by atoms with Crippen LogP contribution in [0.25, 0.3) is 82.9 Å². The van der Waals surface area contributed by atoms with Crippen molar-refractivity contribution in [1.82, 2.24) is 14.5 Å². The molecule has 1 aliphatic rings. The molecule has 0 fully saturated rings. The molecule has 0 saturated heterocycles. The molecule has 46 heavy (non-hydrogen) atoms. The molecule has 1 aliphatic heterocycles. The lowest BCUT2D eigenvalue weighted by atomic mass is 9.93. The van der Waals surface area contributed by atoms with E-state index < -0.39 is 0 Å². The second-order valence-corrected chi connectivity index (χ2v) is 11.8. The van der Waals surface area contributed by atoms with Gasteiger partial charge < -0.3 is 9.30 Å². The lowest BCUT2D eigenvalue weighted by Gasteiger charge is -2.21. The third-order valence-corrected chi connectivity index (χ3v) is 9.17. The van der Waals surface area contributed by atoms with Crippen LogP contribution in [0.1, 0.15) is 0 Å². The number of fused-ring (bicyclic) bond motifs is 6. The number of para-hydroxylation sites is 1. The van der Waals surface area contributed by atoms with Gasteiger partial charge in [-0.1, -0.05) is 109 Å². The molecule has 0 unspecified atom stereocenters. The summed E-state index contributed by atoms with van der Waals surface area (Å²) in [6.07, 6.45) is 0. The van der Waals surface area contributed by atoms with Crippen molar-refractivity contribution in [1.29, 1.82) is 0 Å². The Morgan fingerprint density at radius 2 is 1.24 bits per heavy atom. The normalized spacial score (nSPS) is 12.1. The third kappa shape index (κ3) is 3.67. The quantitative estimate of drug-likeness (QED) is 0.206. The number of rotatable bonds is 3. The molecule has 2 aromatic heterocycles. The summed E-state index contributed by atoms with van der Waals surface area (Å²) >= 11 is 0. The first kappa shape index (κ1) is 25.1. The van der Waals surface area contributed by atoms with Crippen LogP contribution in [0.5, 0.6) is 11.5 Å². The molecule has 0 atom stereocenters. The first-order valence-electron chi connectivity index (χ1n) is 15.5. The largest absolute Gasteiger partial charge is 0.456 e. The van der Waals surface area contributed by atoms with E-state index in [2.05, 4.69) is 132 Å². The molecule has 3 heterocycles. The highest BCUT2D eigenvalue weighted by molar-refractivity contribution is 6.14. The zero-order valence-electron chi connectivity index (χ0n) is 24.7. The lowest BCUT2D eigenvalue weighted by Crippen LogP contribution is -2.00. The Balaban J connectivity index is 1.24. The minimum absolute atomic E-state index is 0.718. The Labute approximate surface area is 264 Å². The van der Waals surface area contributed by atoms with E-state index in [0.29, 0.717) is 0 Å². The molecule has 214 valence electrons. The predicted octanol–water partition coefficient (Wildman–Crippen LogP) is 11.0. The van der Waals surface area contributed by atoms with E-state index in [9.17, 15) is 0 Å². The molecule has 7 aromatic carbocycles. The second-order valence-electron chi connectivity index (χ2n) is 11.8. The maximum atomic E-state index is 6.61. The monoisotopic (exact) mass is 587 g/mol. The summed E-state index contributed by atoms with van der Waals surface area (Å²) in [5.41, 5.74) is 9.47. The van der Waals surface area contributed by atoms with Crippen molar-refractivity contribution in [2.45, 2.75) is 0 Å². The maximum Gasteiger partial charge on any atom is 0.160 e. The number of nitrogens with zero attached hydrogens (tertiary/aromatic N) is 3. The van der Waals surface area contributed by atoms with Gasteiger partial charge in [-0.2, -0.15) is 0 Å². The van der Waals surface area contributed by atoms with Crippen LogP contribution in [0.2, 0.25) is 0 Å². The Kier molecular flexibility index (Phi) is 5.25. The van der Waals surface area contributed by atoms with Crippen molar-refractivity contribution in [3.05, 3.63) is 152 Å². The predicted molar refractivity (Wildman–Crippen MR) is 188 cm³/mol. The highest BCUT2D eigenvalue weighted by atomic mass is 16.5. The summed E-state index contributed by atoms with van der Waals surface area (Å²) in [5, 5.41) is 5.74. The van der Waals surface area contributed by atoms with Crippen molar-refractivity contribution in [3.8, 4) is 51.0 Å². The molecule has 0 bridgehead atoms. The summed E-state index contributed by atoms with van der Waals surface area (Å²) in [6.45, 7) is 0. The molecule has 10 rings (SSSR count). The van der Waals surface area contributed by atoms with Crippen LogP contribution in [-0.2, 0) is 0 Å². The van der Waals surface area contributed by atoms with Gasteiger partial charge in [0, 0.05) is 50.0 Å². The minimum atomic E-state index is 0.718. The average molecular weight is 588 g/mol. The molecule has 0 saturated carbocycles. The van der Waals surface area contributed by atoms with Gasteiger partial charge in [0.05, 0.1) is 22.2 Å². The van der Waals surface area contributed by atoms with Crippen molar-refractivity contribution >= 4 is 43.5 Å². The summed E-state index contributed by atoms with van der Waals surface area (Å²) in [5.74, 6) is 2.48. The molecule has 4 heteroatoms. The smallest absolute Gasteiger partial charge is 0.160 e. The van der Waals surface area contributed by atoms with Gasteiger partial charge in [0.1, 0.15) is 11.5 Å². The van der Waals surface area contributed by atoms with Crippen molar-refractivity contribution in [2.24, 2.45) is 0 Å². The number of benzene rings is 7. The molecule has 4 nitrogen and oxygen atoms in total. The maximum absolute atomic E-state index is 6.61. The van der Waals surface area contributed by atoms with Crippen molar-refractivity contribution < 1.29 is 4.74 Å². The number of aromatic nitrogens is 3. The van der Waals surface area contributed by atoms with E-state index in [1.165, 1.54) is 27.1 Å². The van der Waals surface area contributed by atoms with Gasteiger partial charge >= 0.3 is 0 Å². The Bertz CT molecular complexity index is 2650. The van der Waals surface area contributed by atoms with E-state index in [1.54, 1.807) is 0 Å². The van der Waals surface area contributed by atoms with E-state index in [1.807, 2.05) is 24.3 Å². The Morgan fingerprint density at radius 3 is 2.09 bits per heavy atom. The van der Waals surface area contributed by atoms with E-state index in [4.69, 9.17) is 14.7 Å². The van der Waals surface area contributed by atoms with Crippen LogP contribution >= 0.6 is 0 Å². The summed E-state index contributed by atoms with van der Waals surface area (Å²) < 4.78 is 8.96. The van der Waals surface area contributed by atoms with Gasteiger partial charge in [-0.3, -0.25) is 0 Å². The van der Waals surface area contributed by atoms with E-state index in [0.717, 1.165) is 67.3 Å². The second kappa shape index (κ2) is 9.62. The molecule has 0 spiro atoms. The first-order valence-corrected chi connectivity index (χ1v) is 15.5. The van der Waals surface area contributed by atoms with Crippen LogP contribution in [0.3, 0.4) is 0 Å². The summed E-state index contributed by atoms with van der Waals surface area (Å²) in [6, 6.07) is 53.0. The van der Waals surface area contributed by atoms with Crippen LogP contribution in [0, 0.1) is 0 Å². The van der Waals surface area contributed by atoms with E-state index in [-0.39, 0.29) is 0 Å². The van der Waals surface area contributed by atoms with Crippen LogP contribution in [0.4, 0.5) is 0 Å². The topological polar surface area (TPSA) is 39.9 Å². The fraction of sp³-hybridized carbons (Fsp3) is 0. The summed E-state index contributed by atoms with van der Waals surface area (Å²) in [4.78, 5) is 10.2. The van der Waals surface area contributed by atoms with Crippen LogP contribution < -0.4 is 4.74 Å². The first-order chi connectivity index (χ1) is 22.8. The molecular weight excluding hydrogens is 562 g/mol. The highest BCUT2D eigenvalue weighted by Gasteiger charge is 2.23. The molecule has 0 aliphatic carbocycles. The number of ether oxygens (including phenoxy) is 1. The minimum Gasteiger partial charge on any atom is -0.456 e. The average Bonchev–Trinajstić information content (AvgIpc) is 3.44. The standard InChI is InChI=1S/C42H25N3O/c1-3-11-27(12-4-1)41-34-23-29(21-22-35(34)43-42(44-41)28-13-5-2-6-14-28)45-36-19-8-7-17-30(36)32-24-33-31-18-9-15-26-16-10-20-38(40(26)31)46-39(33)25-37(32)45/h1-25H. The van der Waals surface area contributed by atoms with Gasteiger partial charge in [0.25, 0.3) is 0 Å². The van der Waals surface area contributed by atoms with Gasteiger partial charge in [0.2, 0.25) is 0 Å². The lowest BCUT2D eigenvalue weighted by molar-refractivity contribution is 0.487. The van der Waals surface area contributed by atoms with Gasteiger partial charge in [-0.25, -0.2) is 9.97 Å². The zero-order chi connectivity index (χ0) is 30.2.